The zero-order chi connectivity index (χ0) is 18.1. The van der Waals surface area contributed by atoms with Crippen molar-refractivity contribution in [2.45, 2.75) is 0 Å². The Kier molecular flexibility index (Phi) is 4.15. The molecule has 0 aliphatic heterocycles. The Labute approximate surface area is 155 Å². The lowest BCUT2D eigenvalue weighted by Gasteiger charge is -2.14. The molecule has 4 heteroatoms. The van der Waals surface area contributed by atoms with Gasteiger partial charge in [0.05, 0.1) is 21.8 Å². The van der Waals surface area contributed by atoms with Gasteiger partial charge in [-0.15, -0.1) is 0 Å². The largest absolute Gasteiger partial charge is 0.279 e. The predicted octanol–water partition coefficient (Wildman–Crippen LogP) is 5.35. The molecule has 0 fully saturated rings. The summed E-state index contributed by atoms with van der Waals surface area (Å²) in [5, 5.41) is 6.54. The lowest BCUT2D eigenvalue weighted by atomic mass is 10.0. The fourth-order valence-corrected chi connectivity index (χ4v) is 3.33. The van der Waals surface area contributed by atoms with Crippen molar-refractivity contribution in [3.05, 3.63) is 100 Å². The van der Waals surface area contributed by atoms with Gasteiger partial charge in [0.25, 0.3) is 5.56 Å². The zero-order valence-corrected chi connectivity index (χ0v) is 14.6. The molecule has 4 rings (SSSR count). The van der Waals surface area contributed by atoms with E-state index in [9.17, 15) is 4.79 Å². The van der Waals surface area contributed by atoms with E-state index in [0.717, 1.165) is 22.2 Å². The maximum atomic E-state index is 13.1. The predicted molar refractivity (Wildman–Crippen MR) is 108 cm³/mol. The van der Waals surface area contributed by atoms with E-state index in [0.29, 0.717) is 16.1 Å². The molecule has 3 nitrogen and oxygen atoms in total. The van der Waals surface area contributed by atoms with E-state index < -0.39 is 0 Å². The van der Waals surface area contributed by atoms with Gasteiger partial charge in [-0.2, -0.15) is 9.78 Å². The van der Waals surface area contributed by atoms with Crippen molar-refractivity contribution in [1.82, 2.24) is 9.78 Å². The average molecular weight is 359 g/mol. The fourth-order valence-electron chi connectivity index (χ4n) is 3.07. The van der Waals surface area contributed by atoms with E-state index in [-0.39, 0.29) is 5.56 Å². The zero-order valence-electron chi connectivity index (χ0n) is 13.9. The highest BCUT2D eigenvalue weighted by Crippen LogP contribution is 2.28. The van der Waals surface area contributed by atoms with Crippen LogP contribution in [0.2, 0.25) is 5.02 Å². The molecule has 0 saturated carbocycles. The summed E-state index contributed by atoms with van der Waals surface area (Å²) >= 11 is 6.42. The third kappa shape index (κ3) is 2.63. The van der Waals surface area contributed by atoms with Gasteiger partial charge in [0.1, 0.15) is 0 Å². The molecule has 0 unspecified atom stereocenters. The minimum Gasteiger partial charge on any atom is -0.267 e. The van der Waals surface area contributed by atoms with Crippen LogP contribution in [0.1, 0.15) is 5.56 Å². The molecule has 4 aromatic rings. The highest BCUT2D eigenvalue weighted by atomic mass is 35.5. The molecule has 0 N–H and O–H groups in total. The van der Waals surface area contributed by atoms with Crippen molar-refractivity contribution in [3.8, 4) is 16.9 Å². The van der Waals surface area contributed by atoms with Gasteiger partial charge in [-0.3, -0.25) is 4.79 Å². The van der Waals surface area contributed by atoms with Crippen LogP contribution in [0, 0.1) is 0 Å². The molecule has 0 radical (unpaired) electrons. The van der Waals surface area contributed by atoms with E-state index in [1.54, 1.807) is 12.1 Å². The second-order valence-electron chi connectivity index (χ2n) is 5.86. The molecule has 0 aliphatic rings. The number of benzene rings is 3. The van der Waals surface area contributed by atoms with Crippen LogP contribution in [0.15, 0.2) is 84.2 Å². The lowest BCUT2D eigenvalue weighted by Crippen LogP contribution is -2.23. The van der Waals surface area contributed by atoms with Crippen LogP contribution < -0.4 is 5.56 Å². The maximum absolute atomic E-state index is 13.1. The average Bonchev–Trinajstić information content (AvgIpc) is 2.69. The topological polar surface area (TPSA) is 34.9 Å². The van der Waals surface area contributed by atoms with Gasteiger partial charge < -0.3 is 0 Å². The Hall–Kier alpha value is -3.17. The molecule has 0 amide bonds. The van der Waals surface area contributed by atoms with E-state index in [2.05, 4.69) is 11.7 Å². The van der Waals surface area contributed by atoms with Gasteiger partial charge >= 0.3 is 0 Å². The summed E-state index contributed by atoms with van der Waals surface area (Å²) in [6.07, 6.45) is 1.67. The summed E-state index contributed by atoms with van der Waals surface area (Å²) in [6, 6.07) is 22.7. The van der Waals surface area contributed by atoms with Crippen LogP contribution in [0.4, 0.5) is 0 Å². The number of hydrogen-bond donors (Lipinski definition) is 0. The molecular weight excluding hydrogens is 344 g/mol. The second-order valence-corrected chi connectivity index (χ2v) is 6.27. The van der Waals surface area contributed by atoms with Crippen molar-refractivity contribution in [2.24, 2.45) is 0 Å². The van der Waals surface area contributed by atoms with E-state index in [1.165, 1.54) is 4.68 Å². The molecule has 0 saturated heterocycles. The standard InChI is InChI=1S/C22H15ClN2O/c1-2-15-11-8-14-19(23)21(15)25-22(26)18-13-7-6-12-17(18)20(24-25)16-9-4-3-5-10-16/h2-14H,1H2. The highest BCUT2D eigenvalue weighted by Gasteiger charge is 2.16. The number of hydrogen-bond acceptors (Lipinski definition) is 2. The molecule has 0 bridgehead atoms. The van der Waals surface area contributed by atoms with E-state index in [4.69, 9.17) is 11.6 Å². The van der Waals surface area contributed by atoms with Gasteiger partial charge in [0.15, 0.2) is 0 Å². The minimum absolute atomic E-state index is 0.212. The van der Waals surface area contributed by atoms with E-state index >= 15 is 0 Å². The van der Waals surface area contributed by atoms with Crippen LogP contribution in [-0.4, -0.2) is 9.78 Å². The quantitative estimate of drug-likeness (QED) is 0.495. The molecule has 0 aliphatic carbocycles. The summed E-state index contributed by atoms with van der Waals surface area (Å²) in [6.45, 7) is 3.83. The first-order chi connectivity index (χ1) is 12.7. The van der Waals surface area contributed by atoms with Crippen LogP contribution in [0.25, 0.3) is 33.8 Å². The maximum Gasteiger partial charge on any atom is 0.279 e. The Bertz CT molecular complexity index is 1180. The smallest absolute Gasteiger partial charge is 0.267 e. The number of halogens is 1. The number of aromatic nitrogens is 2. The lowest BCUT2D eigenvalue weighted by molar-refractivity contribution is 0.825. The monoisotopic (exact) mass is 358 g/mol. The number of rotatable bonds is 3. The van der Waals surface area contributed by atoms with Crippen LogP contribution in [0.5, 0.6) is 0 Å². The van der Waals surface area contributed by atoms with Gasteiger partial charge in [-0.1, -0.05) is 84.9 Å². The SMILES string of the molecule is C=Cc1cccc(Cl)c1-n1nc(-c2ccccc2)c2ccccc2c1=O. The number of fused-ring (bicyclic) bond motifs is 1. The van der Waals surface area contributed by atoms with Crippen LogP contribution in [-0.2, 0) is 0 Å². The van der Waals surface area contributed by atoms with Crippen molar-refractivity contribution in [2.75, 3.05) is 0 Å². The normalized spacial score (nSPS) is 10.8. The first-order valence-corrected chi connectivity index (χ1v) is 8.57. The molecule has 3 aromatic carbocycles. The van der Waals surface area contributed by atoms with Crippen molar-refractivity contribution in [1.29, 1.82) is 0 Å². The summed E-state index contributed by atoms with van der Waals surface area (Å²) < 4.78 is 1.38. The van der Waals surface area contributed by atoms with Gasteiger partial charge in [-0.25, -0.2) is 0 Å². The van der Waals surface area contributed by atoms with Gasteiger partial charge in [0, 0.05) is 16.5 Å². The fraction of sp³-hybridized carbons (Fsp3) is 0. The highest BCUT2D eigenvalue weighted by molar-refractivity contribution is 6.32. The molecule has 26 heavy (non-hydrogen) atoms. The third-order valence-electron chi connectivity index (χ3n) is 4.30. The summed E-state index contributed by atoms with van der Waals surface area (Å²) in [5.74, 6) is 0. The summed E-state index contributed by atoms with van der Waals surface area (Å²) in [7, 11) is 0. The molecular formula is C22H15ClN2O. The first kappa shape index (κ1) is 16.3. The van der Waals surface area contributed by atoms with Crippen molar-refractivity contribution >= 4 is 28.4 Å². The van der Waals surface area contributed by atoms with Crippen LogP contribution >= 0.6 is 11.6 Å². The first-order valence-electron chi connectivity index (χ1n) is 8.19. The third-order valence-corrected chi connectivity index (χ3v) is 4.61. The Morgan fingerprint density at radius 2 is 1.58 bits per heavy atom. The Morgan fingerprint density at radius 3 is 2.31 bits per heavy atom. The number of nitrogens with zero attached hydrogens (tertiary/aromatic N) is 2. The number of para-hydroxylation sites is 1. The molecule has 0 atom stereocenters. The summed E-state index contributed by atoms with van der Waals surface area (Å²) in [4.78, 5) is 13.1. The summed E-state index contributed by atoms with van der Waals surface area (Å²) in [5.41, 5.74) is 2.75. The van der Waals surface area contributed by atoms with Gasteiger partial charge in [0.2, 0.25) is 0 Å². The molecule has 1 aromatic heterocycles. The molecule has 0 spiro atoms. The van der Waals surface area contributed by atoms with Gasteiger partial charge in [-0.05, 0) is 12.1 Å². The molecule has 126 valence electrons. The Balaban J connectivity index is 2.15. The Morgan fingerprint density at radius 1 is 0.885 bits per heavy atom. The van der Waals surface area contributed by atoms with E-state index in [1.807, 2.05) is 66.7 Å². The molecule has 1 heterocycles. The van der Waals surface area contributed by atoms with Crippen molar-refractivity contribution in [3.63, 3.8) is 0 Å². The second kappa shape index (κ2) is 6.62. The van der Waals surface area contributed by atoms with Crippen molar-refractivity contribution < 1.29 is 0 Å². The minimum atomic E-state index is -0.212. The van der Waals surface area contributed by atoms with Crippen LogP contribution in [0.3, 0.4) is 0 Å².